The summed E-state index contributed by atoms with van der Waals surface area (Å²) < 4.78 is 0. The maximum absolute atomic E-state index is 4.71. The standard InChI is InChI=1S/C26H37N/c1-4-6-7-9-21-10-17-26(27-19-21)24-14-12-23(13-15-24)25-16-11-22(8-5-2)20(3)18-25/h10,12-15,17,19-20,22,25H,4-9,11,16,18H2,1-3H3/t20-,22+,25-/m1/s1. The van der Waals surface area contributed by atoms with Gasteiger partial charge >= 0.3 is 0 Å². The van der Waals surface area contributed by atoms with Crippen molar-refractivity contribution in [1.82, 2.24) is 4.98 Å². The first kappa shape index (κ1) is 20.1. The lowest BCUT2D eigenvalue weighted by Gasteiger charge is -2.34. The molecule has 3 atom stereocenters. The van der Waals surface area contributed by atoms with E-state index in [9.17, 15) is 0 Å². The zero-order valence-corrected chi connectivity index (χ0v) is 17.6. The average Bonchev–Trinajstić information content (AvgIpc) is 2.71. The van der Waals surface area contributed by atoms with Gasteiger partial charge < -0.3 is 0 Å². The van der Waals surface area contributed by atoms with Gasteiger partial charge in [-0.3, -0.25) is 4.98 Å². The van der Waals surface area contributed by atoms with E-state index in [0.717, 1.165) is 29.9 Å². The Morgan fingerprint density at radius 3 is 2.37 bits per heavy atom. The quantitative estimate of drug-likeness (QED) is 0.436. The molecule has 146 valence electrons. The molecule has 27 heavy (non-hydrogen) atoms. The van der Waals surface area contributed by atoms with Gasteiger partial charge in [0.25, 0.3) is 0 Å². The summed E-state index contributed by atoms with van der Waals surface area (Å²) in [6.07, 6.45) is 13.9. The van der Waals surface area contributed by atoms with Crippen LogP contribution < -0.4 is 0 Å². The third-order valence-electron chi connectivity index (χ3n) is 6.58. The van der Waals surface area contributed by atoms with Crippen LogP contribution in [0.15, 0.2) is 42.6 Å². The topological polar surface area (TPSA) is 12.9 Å². The second-order valence-electron chi connectivity index (χ2n) is 8.67. The van der Waals surface area contributed by atoms with Crippen LogP contribution in [0.5, 0.6) is 0 Å². The van der Waals surface area contributed by atoms with E-state index in [1.807, 2.05) is 0 Å². The van der Waals surface area contributed by atoms with Crippen LogP contribution in [0.2, 0.25) is 0 Å². The van der Waals surface area contributed by atoms with Crippen molar-refractivity contribution in [2.45, 2.75) is 84.5 Å². The summed E-state index contributed by atoms with van der Waals surface area (Å²) in [5, 5.41) is 0. The zero-order chi connectivity index (χ0) is 19.1. The van der Waals surface area contributed by atoms with Gasteiger partial charge in [0, 0.05) is 11.8 Å². The van der Waals surface area contributed by atoms with E-state index < -0.39 is 0 Å². The lowest BCUT2D eigenvalue weighted by Crippen LogP contribution is -2.21. The Labute approximate surface area is 166 Å². The maximum atomic E-state index is 4.71. The molecule has 0 aliphatic heterocycles. The fourth-order valence-electron chi connectivity index (χ4n) is 4.81. The minimum absolute atomic E-state index is 0.746. The van der Waals surface area contributed by atoms with E-state index >= 15 is 0 Å². The molecule has 0 amide bonds. The van der Waals surface area contributed by atoms with E-state index in [0.29, 0.717) is 0 Å². The highest BCUT2D eigenvalue weighted by Crippen LogP contribution is 2.41. The Kier molecular flexibility index (Phi) is 7.50. The molecule has 1 saturated carbocycles. The van der Waals surface area contributed by atoms with Crippen LogP contribution in [0.1, 0.15) is 89.2 Å². The predicted octanol–water partition coefficient (Wildman–Crippen LogP) is 7.80. The molecule has 0 unspecified atom stereocenters. The van der Waals surface area contributed by atoms with Gasteiger partial charge in [-0.05, 0) is 67.1 Å². The molecule has 2 aromatic rings. The third-order valence-corrected chi connectivity index (χ3v) is 6.58. The first-order valence-electron chi connectivity index (χ1n) is 11.3. The first-order chi connectivity index (χ1) is 13.2. The Morgan fingerprint density at radius 1 is 0.926 bits per heavy atom. The predicted molar refractivity (Wildman–Crippen MR) is 117 cm³/mol. The fraction of sp³-hybridized carbons (Fsp3) is 0.577. The number of nitrogens with zero attached hydrogens (tertiary/aromatic N) is 1. The highest BCUT2D eigenvalue weighted by atomic mass is 14.7. The normalized spacial score (nSPS) is 22.7. The highest BCUT2D eigenvalue weighted by molar-refractivity contribution is 5.59. The Hall–Kier alpha value is -1.63. The monoisotopic (exact) mass is 363 g/mol. The largest absolute Gasteiger partial charge is 0.256 e. The molecule has 3 rings (SSSR count). The second kappa shape index (κ2) is 10.1. The molecule has 1 heterocycles. The molecule has 0 spiro atoms. The Balaban J connectivity index is 1.60. The lowest BCUT2D eigenvalue weighted by atomic mass is 9.71. The van der Waals surface area contributed by atoms with E-state index in [2.05, 4.69) is 63.4 Å². The van der Waals surface area contributed by atoms with Crippen LogP contribution in [-0.4, -0.2) is 4.98 Å². The molecular formula is C26H37N. The molecule has 0 radical (unpaired) electrons. The van der Waals surface area contributed by atoms with Gasteiger partial charge in [0.2, 0.25) is 0 Å². The molecule has 0 saturated heterocycles. The number of pyridine rings is 1. The van der Waals surface area contributed by atoms with Crippen molar-refractivity contribution >= 4 is 0 Å². The number of hydrogen-bond acceptors (Lipinski definition) is 1. The van der Waals surface area contributed by atoms with E-state index in [1.165, 1.54) is 68.1 Å². The number of aryl methyl sites for hydroxylation is 1. The highest BCUT2D eigenvalue weighted by Gasteiger charge is 2.27. The van der Waals surface area contributed by atoms with Crippen molar-refractivity contribution in [2.75, 3.05) is 0 Å². The van der Waals surface area contributed by atoms with Crippen molar-refractivity contribution in [3.63, 3.8) is 0 Å². The lowest BCUT2D eigenvalue weighted by molar-refractivity contribution is 0.218. The average molecular weight is 364 g/mol. The maximum Gasteiger partial charge on any atom is 0.0702 e. The van der Waals surface area contributed by atoms with Gasteiger partial charge in [0.05, 0.1) is 5.69 Å². The molecule has 0 bridgehead atoms. The number of benzene rings is 1. The van der Waals surface area contributed by atoms with Gasteiger partial charge in [-0.1, -0.05) is 76.8 Å². The Bertz CT molecular complexity index is 670. The summed E-state index contributed by atoms with van der Waals surface area (Å²) in [6.45, 7) is 7.04. The fourth-order valence-corrected chi connectivity index (χ4v) is 4.81. The summed E-state index contributed by atoms with van der Waals surface area (Å²) in [5.41, 5.74) is 5.23. The van der Waals surface area contributed by atoms with Crippen LogP contribution in [0.4, 0.5) is 0 Å². The third kappa shape index (κ3) is 5.43. The van der Waals surface area contributed by atoms with Crippen LogP contribution in [0.25, 0.3) is 11.3 Å². The molecule has 1 nitrogen and oxygen atoms in total. The second-order valence-corrected chi connectivity index (χ2v) is 8.67. The van der Waals surface area contributed by atoms with E-state index in [1.54, 1.807) is 0 Å². The molecule has 1 aromatic heterocycles. The smallest absolute Gasteiger partial charge is 0.0702 e. The number of aromatic nitrogens is 1. The SMILES string of the molecule is CCCCCc1ccc(-c2ccc([C@@H]3CC[C@H](CCC)[C@H](C)C3)cc2)nc1. The summed E-state index contributed by atoms with van der Waals surface area (Å²) in [5.74, 6) is 2.56. The van der Waals surface area contributed by atoms with Crippen molar-refractivity contribution in [3.8, 4) is 11.3 Å². The minimum atomic E-state index is 0.746. The van der Waals surface area contributed by atoms with Crippen molar-refractivity contribution in [2.24, 2.45) is 11.8 Å². The summed E-state index contributed by atoms with van der Waals surface area (Å²) >= 11 is 0. The zero-order valence-electron chi connectivity index (χ0n) is 17.6. The summed E-state index contributed by atoms with van der Waals surface area (Å²) in [6, 6.07) is 13.7. The van der Waals surface area contributed by atoms with Crippen LogP contribution >= 0.6 is 0 Å². The van der Waals surface area contributed by atoms with Crippen molar-refractivity contribution in [3.05, 3.63) is 53.7 Å². The Morgan fingerprint density at radius 2 is 1.74 bits per heavy atom. The van der Waals surface area contributed by atoms with Gasteiger partial charge in [-0.2, -0.15) is 0 Å². The number of hydrogen-bond donors (Lipinski definition) is 0. The summed E-state index contributed by atoms with van der Waals surface area (Å²) in [7, 11) is 0. The molecule has 0 N–H and O–H groups in total. The minimum Gasteiger partial charge on any atom is -0.256 e. The van der Waals surface area contributed by atoms with Gasteiger partial charge in [-0.25, -0.2) is 0 Å². The van der Waals surface area contributed by atoms with Crippen molar-refractivity contribution in [1.29, 1.82) is 0 Å². The molecule has 1 aliphatic carbocycles. The molecule has 1 aromatic carbocycles. The van der Waals surface area contributed by atoms with Gasteiger partial charge in [0.1, 0.15) is 0 Å². The van der Waals surface area contributed by atoms with Crippen LogP contribution in [0, 0.1) is 11.8 Å². The van der Waals surface area contributed by atoms with Crippen LogP contribution in [-0.2, 0) is 6.42 Å². The number of rotatable bonds is 8. The summed E-state index contributed by atoms with van der Waals surface area (Å²) in [4.78, 5) is 4.71. The van der Waals surface area contributed by atoms with Gasteiger partial charge in [-0.15, -0.1) is 0 Å². The molecule has 1 fully saturated rings. The first-order valence-corrected chi connectivity index (χ1v) is 11.3. The van der Waals surface area contributed by atoms with E-state index in [4.69, 9.17) is 4.98 Å². The number of unbranched alkanes of at least 4 members (excludes halogenated alkanes) is 2. The molecule has 1 aliphatic rings. The molecular weight excluding hydrogens is 326 g/mol. The van der Waals surface area contributed by atoms with Crippen LogP contribution in [0.3, 0.4) is 0 Å². The molecule has 1 heteroatoms. The van der Waals surface area contributed by atoms with E-state index in [-0.39, 0.29) is 0 Å². The van der Waals surface area contributed by atoms with Crippen molar-refractivity contribution < 1.29 is 0 Å². The van der Waals surface area contributed by atoms with Gasteiger partial charge in [0.15, 0.2) is 0 Å².